The van der Waals surface area contributed by atoms with E-state index in [4.69, 9.17) is 4.74 Å². The average Bonchev–Trinajstić information content (AvgIpc) is 2.73. The van der Waals surface area contributed by atoms with Crippen LogP contribution in [0.3, 0.4) is 0 Å². The third-order valence-electron chi connectivity index (χ3n) is 5.13. The molecule has 0 radical (unpaired) electrons. The summed E-state index contributed by atoms with van der Waals surface area (Å²) in [5, 5.41) is 9.60. The molecule has 0 spiro atoms. The maximum Gasteiger partial charge on any atom is 0.251 e. The smallest absolute Gasteiger partial charge is 0.251 e. The van der Waals surface area contributed by atoms with Gasteiger partial charge in [0.25, 0.3) is 5.91 Å². The highest BCUT2D eigenvalue weighted by Gasteiger charge is 2.19. The lowest BCUT2D eigenvalue weighted by Crippen LogP contribution is -2.49. The number of benzene rings is 1. The molecule has 1 aromatic carbocycles. The van der Waals surface area contributed by atoms with Gasteiger partial charge in [0.2, 0.25) is 0 Å². The monoisotopic (exact) mass is 403 g/mol. The summed E-state index contributed by atoms with van der Waals surface area (Å²) in [6, 6.07) is 8.18. The summed E-state index contributed by atoms with van der Waals surface area (Å²) in [5.41, 5.74) is 1.82. The molecule has 162 valence electrons. The molecular formula is C22H37N5O2. The number of aliphatic imine (C=N–C) groups is 1. The van der Waals surface area contributed by atoms with E-state index in [1.54, 1.807) is 14.1 Å². The number of rotatable bonds is 9. The molecule has 1 heterocycles. The molecular weight excluding hydrogens is 366 g/mol. The van der Waals surface area contributed by atoms with Gasteiger partial charge in [-0.25, -0.2) is 0 Å². The molecule has 7 nitrogen and oxygen atoms in total. The van der Waals surface area contributed by atoms with E-state index < -0.39 is 0 Å². The first-order chi connectivity index (χ1) is 14.0. The molecule has 0 unspecified atom stereocenters. The van der Waals surface area contributed by atoms with Crippen LogP contribution in [0, 0.1) is 0 Å². The van der Waals surface area contributed by atoms with Crippen LogP contribution in [0.25, 0.3) is 0 Å². The van der Waals surface area contributed by atoms with Crippen LogP contribution in [0.5, 0.6) is 0 Å². The molecule has 0 bridgehead atoms. The highest BCUT2D eigenvalue weighted by molar-refractivity contribution is 5.94. The number of ether oxygens (including phenoxy) is 1. The van der Waals surface area contributed by atoms with E-state index in [1.807, 2.05) is 24.3 Å². The summed E-state index contributed by atoms with van der Waals surface area (Å²) in [4.78, 5) is 18.6. The van der Waals surface area contributed by atoms with E-state index in [0.29, 0.717) is 17.7 Å². The van der Waals surface area contributed by atoms with Crippen molar-refractivity contribution in [1.82, 2.24) is 20.9 Å². The number of amides is 1. The topological polar surface area (TPSA) is 78.0 Å². The number of likely N-dealkylation sites (tertiary alicyclic amines) is 1. The van der Waals surface area contributed by atoms with Gasteiger partial charge in [0.05, 0.1) is 12.7 Å². The Bertz CT molecular complexity index is 654. The Kier molecular flexibility index (Phi) is 9.94. The molecule has 3 N–H and O–H groups in total. The van der Waals surface area contributed by atoms with Crippen LogP contribution < -0.4 is 16.0 Å². The lowest BCUT2D eigenvalue weighted by atomic mass is 10.1. The predicted molar refractivity (Wildman–Crippen MR) is 119 cm³/mol. The fourth-order valence-corrected chi connectivity index (χ4v) is 3.44. The zero-order valence-electron chi connectivity index (χ0n) is 18.3. The van der Waals surface area contributed by atoms with E-state index in [2.05, 4.69) is 39.7 Å². The molecule has 0 saturated carbocycles. The SMILES string of the molecule is CN=C(NCCc1cccc(C(=O)NC)c1)NC1CCN(CCOC(C)C)CC1. The van der Waals surface area contributed by atoms with Crippen LogP contribution in [0.2, 0.25) is 0 Å². The van der Waals surface area contributed by atoms with Crippen molar-refractivity contribution in [2.45, 2.75) is 45.3 Å². The number of carbonyl (C=O) groups is 1. The summed E-state index contributed by atoms with van der Waals surface area (Å²) in [7, 11) is 3.45. The number of guanidine groups is 1. The summed E-state index contributed by atoms with van der Waals surface area (Å²) >= 11 is 0. The first-order valence-corrected chi connectivity index (χ1v) is 10.6. The summed E-state index contributed by atoms with van der Waals surface area (Å²) in [6.45, 7) is 8.90. The predicted octanol–water partition coefficient (Wildman–Crippen LogP) is 1.64. The first-order valence-electron chi connectivity index (χ1n) is 10.6. The number of hydrogen-bond acceptors (Lipinski definition) is 4. The van der Waals surface area contributed by atoms with Crippen molar-refractivity contribution in [3.8, 4) is 0 Å². The maximum absolute atomic E-state index is 11.8. The average molecular weight is 404 g/mol. The minimum Gasteiger partial charge on any atom is -0.377 e. The lowest BCUT2D eigenvalue weighted by molar-refractivity contribution is 0.0532. The number of nitrogens with one attached hydrogen (secondary N) is 3. The molecule has 1 saturated heterocycles. The second kappa shape index (κ2) is 12.4. The minimum absolute atomic E-state index is 0.0561. The summed E-state index contributed by atoms with van der Waals surface area (Å²) in [5.74, 6) is 0.786. The van der Waals surface area contributed by atoms with Crippen molar-refractivity contribution in [1.29, 1.82) is 0 Å². The van der Waals surface area contributed by atoms with Crippen LogP contribution in [-0.2, 0) is 11.2 Å². The Morgan fingerprint density at radius 1 is 1.31 bits per heavy atom. The quantitative estimate of drug-likeness (QED) is 0.432. The van der Waals surface area contributed by atoms with Crippen LogP contribution in [-0.4, -0.2) is 75.8 Å². The summed E-state index contributed by atoms with van der Waals surface area (Å²) < 4.78 is 5.65. The van der Waals surface area contributed by atoms with Gasteiger partial charge < -0.3 is 25.6 Å². The largest absolute Gasteiger partial charge is 0.377 e. The Balaban J connectivity index is 1.69. The van der Waals surface area contributed by atoms with Gasteiger partial charge in [0, 0.05) is 51.9 Å². The van der Waals surface area contributed by atoms with Gasteiger partial charge in [-0.2, -0.15) is 0 Å². The fraction of sp³-hybridized carbons (Fsp3) is 0.636. The van der Waals surface area contributed by atoms with E-state index in [0.717, 1.165) is 63.6 Å². The van der Waals surface area contributed by atoms with Gasteiger partial charge in [-0.15, -0.1) is 0 Å². The Morgan fingerprint density at radius 2 is 2.07 bits per heavy atom. The maximum atomic E-state index is 11.8. The van der Waals surface area contributed by atoms with Crippen molar-refractivity contribution in [3.05, 3.63) is 35.4 Å². The standard InChI is InChI=1S/C22H37N5O2/c1-17(2)29-15-14-27-12-9-20(10-13-27)26-22(24-4)25-11-8-18-6-5-7-19(16-18)21(28)23-3/h5-7,16-17,20H,8-15H2,1-4H3,(H,23,28)(H2,24,25,26). The van der Waals surface area contributed by atoms with Crippen LogP contribution in [0.4, 0.5) is 0 Å². The molecule has 1 amide bonds. The normalized spacial score (nSPS) is 16.1. The molecule has 1 aliphatic heterocycles. The molecule has 1 aromatic rings. The first kappa shape index (κ1) is 23.2. The third-order valence-corrected chi connectivity index (χ3v) is 5.13. The summed E-state index contributed by atoms with van der Waals surface area (Å²) in [6.07, 6.45) is 3.35. The third kappa shape index (κ3) is 8.41. The zero-order valence-corrected chi connectivity index (χ0v) is 18.3. The van der Waals surface area contributed by atoms with Gasteiger partial charge in [0.15, 0.2) is 5.96 Å². The Morgan fingerprint density at radius 3 is 2.72 bits per heavy atom. The number of carbonyl (C=O) groups excluding carboxylic acids is 1. The van der Waals surface area contributed by atoms with Gasteiger partial charge in [-0.3, -0.25) is 9.79 Å². The van der Waals surface area contributed by atoms with Crippen molar-refractivity contribution in [2.24, 2.45) is 4.99 Å². The second-order valence-electron chi connectivity index (χ2n) is 7.71. The molecule has 1 aliphatic rings. The highest BCUT2D eigenvalue weighted by atomic mass is 16.5. The highest BCUT2D eigenvalue weighted by Crippen LogP contribution is 2.10. The molecule has 0 aromatic heterocycles. The molecule has 7 heteroatoms. The van der Waals surface area contributed by atoms with Gasteiger partial charge >= 0.3 is 0 Å². The van der Waals surface area contributed by atoms with Gasteiger partial charge in [-0.05, 0) is 50.8 Å². The molecule has 0 aliphatic carbocycles. The molecule has 29 heavy (non-hydrogen) atoms. The van der Waals surface area contributed by atoms with Crippen LogP contribution >= 0.6 is 0 Å². The van der Waals surface area contributed by atoms with Crippen molar-refractivity contribution in [3.63, 3.8) is 0 Å². The molecule has 1 fully saturated rings. The zero-order chi connectivity index (χ0) is 21.1. The Hall–Kier alpha value is -2.12. The van der Waals surface area contributed by atoms with E-state index in [9.17, 15) is 4.79 Å². The van der Waals surface area contributed by atoms with Gasteiger partial charge in [-0.1, -0.05) is 12.1 Å². The van der Waals surface area contributed by atoms with Crippen LogP contribution in [0.1, 0.15) is 42.6 Å². The van der Waals surface area contributed by atoms with E-state index >= 15 is 0 Å². The van der Waals surface area contributed by atoms with Crippen molar-refractivity contribution < 1.29 is 9.53 Å². The van der Waals surface area contributed by atoms with Gasteiger partial charge in [0.1, 0.15) is 0 Å². The second-order valence-corrected chi connectivity index (χ2v) is 7.71. The van der Waals surface area contributed by atoms with Crippen molar-refractivity contribution >= 4 is 11.9 Å². The minimum atomic E-state index is -0.0561. The number of hydrogen-bond donors (Lipinski definition) is 3. The number of nitrogens with zero attached hydrogens (tertiary/aromatic N) is 2. The lowest BCUT2D eigenvalue weighted by Gasteiger charge is -2.33. The van der Waals surface area contributed by atoms with E-state index in [1.165, 1.54) is 0 Å². The van der Waals surface area contributed by atoms with Crippen LogP contribution in [0.15, 0.2) is 29.3 Å². The molecule has 2 rings (SSSR count). The fourth-order valence-electron chi connectivity index (χ4n) is 3.44. The Labute approximate surface area is 175 Å². The molecule has 0 atom stereocenters. The number of piperidine rings is 1. The van der Waals surface area contributed by atoms with E-state index in [-0.39, 0.29) is 5.91 Å². The van der Waals surface area contributed by atoms with Crippen molar-refractivity contribution in [2.75, 3.05) is 46.9 Å².